The van der Waals surface area contributed by atoms with E-state index in [1.54, 1.807) is 16.8 Å². The molecule has 4 rings (SSSR count). The van der Waals surface area contributed by atoms with Gasteiger partial charge in [-0.2, -0.15) is 5.10 Å². The molecule has 0 aliphatic carbocycles. The van der Waals surface area contributed by atoms with Gasteiger partial charge >= 0.3 is 0 Å². The number of ether oxygens (including phenoxy) is 2. The molecule has 0 fully saturated rings. The van der Waals surface area contributed by atoms with E-state index in [0.717, 1.165) is 29.0 Å². The minimum Gasteiger partial charge on any atom is -0.497 e. The molecule has 0 atom stereocenters. The molecule has 3 aromatic carbocycles. The first kappa shape index (κ1) is 23.5. The number of benzene rings is 3. The summed E-state index contributed by atoms with van der Waals surface area (Å²) in [5.74, 6) is 1.38. The minimum absolute atomic E-state index is 0.0879. The van der Waals surface area contributed by atoms with Gasteiger partial charge in [0.25, 0.3) is 0 Å². The number of hydrogen-bond donors (Lipinski definition) is 1. The van der Waals surface area contributed by atoms with E-state index in [1.165, 1.54) is 19.2 Å². The second-order valence-corrected chi connectivity index (χ2v) is 9.42. The number of para-hydroxylation sites is 1. The minimum atomic E-state index is -3.72. The number of sulfonamides is 1. The number of nitrogens with zero attached hydrogens (tertiary/aromatic N) is 2. The quantitative estimate of drug-likeness (QED) is 0.354. The summed E-state index contributed by atoms with van der Waals surface area (Å²) in [5.41, 5.74) is 3.21. The summed E-state index contributed by atoms with van der Waals surface area (Å²) in [6.45, 7) is 2.80. The smallest absolute Gasteiger partial charge is 0.240 e. The van der Waals surface area contributed by atoms with Crippen molar-refractivity contribution in [2.75, 3.05) is 13.7 Å². The first-order valence-corrected chi connectivity index (χ1v) is 12.5. The second kappa shape index (κ2) is 10.5. The highest BCUT2D eigenvalue weighted by atomic mass is 32.2. The van der Waals surface area contributed by atoms with Gasteiger partial charge in [0.2, 0.25) is 10.0 Å². The molecule has 0 spiro atoms. The summed E-state index contributed by atoms with van der Waals surface area (Å²) in [6.07, 6.45) is 2.78. The first-order chi connectivity index (χ1) is 16.5. The number of hydrogen-bond acceptors (Lipinski definition) is 5. The van der Waals surface area contributed by atoms with E-state index in [1.807, 2.05) is 60.8 Å². The van der Waals surface area contributed by atoms with Gasteiger partial charge in [-0.05, 0) is 67.1 Å². The van der Waals surface area contributed by atoms with Crippen molar-refractivity contribution in [2.45, 2.75) is 24.8 Å². The molecule has 34 heavy (non-hydrogen) atoms. The van der Waals surface area contributed by atoms with Gasteiger partial charge in [0, 0.05) is 23.9 Å². The molecule has 176 valence electrons. The van der Waals surface area contributed by atoms with E-state index in [4.69, 9.17) is 14.6 Å². The van der Waals surface area contributed by atoms with Crippen LogP contribution in [0.5, 0.6) is 11.5 Å². The van der Waals surface area contributed by atoms with Crippen LogP contribution in [-0.4, -0.2) is 31.9 Å². The molecule has 0 amide bonds. The van der Waals surface area contributed by atoms with Crippen molar-refractivity contribution in [1.82, 2.24) is 14.5 Å². The molecule has 7 nitrogen and oxygen atoms in total. The third-order valence-corrected chi connectivity index (χ3v) is 6.65. The van der Waals surface area contributed by atoms with Crippen LogP contribution in [0, 0.1) is 0 Å². The van der Waals surface area contributed by atoms with E-state index < -0.39 is 10.0 Å². The highest BCUT2D eigenvalue weighted by Gasteiger charge is 2.18. The molecule has 8 heteroatoms. The van der Waals surface area contributed by atoms with Gasteiger partial charge in [0.1, 0.15) is 11.5 Å². The van der Waals surface area contributed by atoms with Gasteiger partial charge in [-0.25, -0.2) is 17.8 Å². The Morgan fingerprint density at radius 1 is 0.912 bits per heavy atom. The van der Waals surface area contributed by atoms with Crippen molar-refractivity contribution in [1.29, 1.82) is 0 Å². The Bertz CT molecular complexity index is 1320. The molecule has 1 heterocycles. The average molecular weight is 478 g/mol. The lowest BCUT2D eigenvalue weighted by molar-refractivity contribution is 0.317. The number of rotatable bonds is 10. The van der Waals surface area contributed by atoms with E-state index in [0.29, 0.717) is 18.1 Å². The van der Waals surface area contributed by atoms with Crippen LogP contribution in [0.25, 0.3) is 16.9 Å². The maximum atomic E-state index is 12.9. The van der Waals surface area contributed by atoms with Crippen LogP contribution < -0.4 is 14.2 Å². The highest BCUT2D eigenvalue weighted by Crippen LogP contribution is 2.26. The van der Waals surface area contributed by atoms with Gasteiger partial charge in [-0.15, -0.1) is 0 Å². The summed E-state index contributed by atoms with van der Waals surface area (Å²) in [7, 11) is -2.18. The van der Waals surface area contributed by atoms with Crippen LogP contribution in [0.4, 0.5) is 0 Å². The van der Waals surface area contributed by atoms with Crippen LogP contribution in [0.3, 0.4) is 0 Å². The Morgan fingerprint density at radius 3 is 2.24 bits per heavy atom. The number of aromatic nitrogens is 2. The van der Waals surface area contributed by atoms with E-state index >= 15 is 0 Å². The summed E-state index contributed by atoms with van der Waals surface area (Å²) in [6, 6.07) is 23.6. The lowest BCUT2D eigenvalue weighted by atomic mass is 10.1. The zero-order chi connectivity index (χ0) is 24.0. The largest absolute Gasteiger partial charge is 0.497 e. The molecule has 0 bridgehead atoms. The van der Waals surface area contributed by atoms with E-state index in [9.17, 15) is 8.42 Å². The molecule has 1 aromatic heterocycles. The zero-order valence-corrected chi connectivity index (χ0v) is 20.0. The standard InChI is InChI=1S/C26H27N3O4S/c1-3-17-33-24-11-9-20(10-12-24)26-21(19-29(28-26)22-7-5-4-6-8-22)18-27-34(30,31)25-15-13-23(32-2)14-16-25/h4-16,19,27H,3,17-18H2,1-2H3. The zero-order valence-electron chi connectivity index (χ0n) is 19.1. The van der Waals surface area contributed by atoms with Crippen molar-refractivity contribution in [3.05, 3.63) is 90.6 Å². The Hall–Kier alpha value is -3.62. The molecular weight excluding hydrogens is 450 g/mol. The molecule has 0 aliphatic heterocycles. The molecule has 1 N–H and O–H groups in total. The van der Waals surface area contributed by atoms with Crippen molar-refractivity contribution >= 4 is 10.0 Å². The first-order valence-electron chi connectivity index (χ1n) is 11.0. The lowest BCUT2D eigenvalue weighted by Crippen LogP contribution is -2.23. The monoisotopic (exact) mass is 477 g/mol. The van der Waals surface area contributed by atoms with Crippen LogP contribution >= 0.6 is 0 Å². The second-order valence-electron chi connectivity index (χ2n) is 7.66. The van der Waals surface area contributed by atoms with Crippen molar-refractivity contribution < 1.29 is 17.9 Å². The molecular formula is C26H27N3O4S. The van der Waals surface area contributed by atoms with E-state index in [-0.39, 0.29) is 11.4 Å². The topological polar surface area (TPSA) is 82.5 Å². The summed E-state index contributed by atoms with van der Waals surface area (Å²) in [4.78, 5) is 0.169. The SMILES string of the molecule is CCCOc1ccc(-c2nn(-c3ccccc3)cc2CNS(=O)(=O)c2ccc(OC)cc2)cc1. The van der Waals surface area contributed by atoms with Crippen LogP contribution in [0.1, 0.15) is 18.9 Å². The summed E-state index contributed by atoms with van der Waals surface area (Å²) < 4.78 is 41.0. The Kier molecular flexibility index (Phi) is 7.30. The lowest BCUT2D eigenvalue weighted by Gasteiger charge is -2.08. The average Bonchev–Trinajstić information content (AvgIpc) is 3.31. The Morgan fingerprint density at radius 2 is 1.59 bits per heavy atom. The third kappa shape index (κ3) is 5.47. The third-order valence-electron chi connectivity index (χ3n) is 5.23. The maximum absolute atomic E-state index is 12.9. The van der Waals surface area contributed by atoms with E-state index in [2.05, 4.69) is 11.6 Å². The van der Waals surface area contributed by atoms with Crippen molar-refractivity contribution in [3.8, 4) is 28.4 Å². The van der Waals surface area contributed by atoms with Crippen LogP contribution in [0.15, 0.2) is 90.0 Å². The molecule has 0 radical (unpaired) electrons. The molecule has 0 unspecified atom stereocenters. The van der Waals surface area contributed by atoms with Gasteiger partial charge in [-0.1, -0.05) is 25.1 Å². The molecule has 4 aromatic rings. The van der Waals surface area contributed by atoms with Crippen molar-refractivity contribution in [3.63, 3.8) is 0 Å². The van der Waals surface area contributed by atoms with Crippen LogP contribution in [0.2, 0.25) is 0 Å². The Balaban J connectivity index is 1.63. The molecule has 0 saturated heterocycles. The fraction of sp³-hybridized carbons (Fsp3) is 0.192. The molecule has 0 aliphatic rings. The van der Waals surface area contributed by atoms with Gasteiger partial charge in [0.05, 0.1) is 30.0 Å². The Labute approximate surface area is 200 Å². The van der Waals surface area contributed by atoms with Gasteiger partial charge in [-0.3, -0.25) is 0 Å². The fourth-order valence-electron chi connectivity index (χ4n) is 3.43. The molecule has 0 saturated carbocycles. The highest BCUT2D eigenvalue weighted by molar-refractivity contribution is 7.89. The predicted molar refractivity (Wildman–Crippen MR) is 132 cm³/mol. The normalized spacial score (nSPS) is 11.4. The fourth-order valence-corrected chi connectivity index (χ4v) is 4.44. The van der Waals surface area contributed by atoms with Crippen molar-refractivity contribution in [2.24, 2.45) is 0 Å². The van der Waals surface area contributed by atoms with Gasteiger partial charge in [0.15, 0.2) is 0 Å². The number of methoxy groups -OCH3 is 1. The van der Waals surface area contributed by atoms with Crippen LogP contribution in [-0.2, 0) is 16.6 Å². The summed E-state index contributed by atoms with van der Waals surface area (Å²) >= 11 is 0. The predicted octanol–water partition coefficient (Wildman–Crippen LogP) is 4.82. The summed E-state index contributed by atoms with van der Waals surface area (Å²) in [5, 5.41) is 4.76. The van der Waals surface area contributed by atoms with Gasteiger partial charge < -0.3 is 9.47 Å². The number of nitrogens with one attached hydrogen (secondary N) is 1. The maximum Gasteiger partial charge on any atom is 0.240 e.